The van der Waals surface area contributed by atoms with Gasteiger partial charge >= 0.3 is 0 Å². The Morgan fingerprint density at radius 1 is 1.45 bits per heavy atom. The van der Waals surface area contributed by atoms with E-state index in [-0.39, 0.29) is 5.91 Å². The van der Waals surface area contributed by atoms with Crippen LogP contribution in [0.5, 0.6) is 0 Å². The third-order valence-electron chi connectivity index (χ3n) is 3.77. The molecule has 6 heteroatoms. The largest absolute Gasteiger partial charge is 0.382 e. The second-order valence-electron chi connectivity index (χ2n) is 5.29. The molecule has 0 atom stereocenters. The molecule has 0 aliphatic carbocycles. The molecule has 2 heterocycles. The first-order valence-electron chi connectivity index (χ1n) is 7.45. The van der Waals surface area contributed by atoms with Crippen molar-refractivity contribution in [3.63, 3.8) is 0 Å². The summed E-state index contributed by atoms with van der Waals surface area (Å²) in [7, 11) is 0. The van der Waals surface area contributed by atoms with Crippen molar-refractivity contribution in [3.8, 4) is 0 Å². The van der Waals surface area contributed by atoms with Gasteiger partial charge in [-0.15, -0.1) is 0 Å². The van der Waals surface area contributed by atoms with Gasteiger partial charge in [0.05, 0.1) is 0 Å². The molecule has 5 nitrogen and oxygen atoms in total. The zero-order chi connectivity index (χ0) is 14.5. The van der Waals surface area contributed by atoms with Crippen LogP contribution in [0.15, 0.2) is 0 Å². The Balaban J connectivity index is 1.98. The van der Waals surface area contributed by atoms with Gasteiger partial charge in [0.25, 0.3) is 5.91 Å². The molecule has 1 aliphatic rings. The molecule has 0 unspecified atom stereocenters. The first-order chi connectivity index (χ1) is 9.65. The number of piperidine rings is 1. The van der Waals surface area contributed by atoms with Gasteiger partial charge < -0.3 is 16.0 Å². The molecule has 0 saturated carbocycles. The molecule has 1 saturated heterocycles. The lowest BCUT2D eigenvalue weighted by Crippen LogP contribution is -2.38. The maximum Gasteiger partial charge on any atom is 0.267 e. The van der Waals surface area contributed by atoms with Crippen molar-refractivity contribution in [3.05, 3.63) is 4.88 Å². The van der Waals surface area contributed by atoms with Crippen molar-refractivity contribution in [2.24, 2.45) is 5.92 Å². The molecular weight excluding hydrogens is 272 g/mol. The van der Waals surface area contributed by atoms with Gasteiger partial charge in [-0.05, 0) is 25.7 Å². The van der Waals surface area contributed by atoms with Crippen molar-refractivity contribution in [2.45, 2.75) is 39.5 Å². The van der Waals surface area contributed by atoms with Crippen LogP contribution in [0, 0.1) is 5.92 Å². The van der Waals surface area contributed by atoms with Gasteiger partial charge in [0, 0.05) is 19.6 Å². The highest BCUT2D eigenvalue weighted by molar-refractivity contribution is 7.18. The van der Waals surface area contributed by atoms with E-state index in [0.717, 1.165) is 43.5 Å². The highest BCUT2D eigenvalue weighted by Crippen LogP contribution is 2.28. The topological polar surface area (TPSA) is 71.2 Å². The Morgan fingerprint density at radius 3 is 2.75 bits per heavy atom. The monoisotopic (exact) mass is 296 g/mol. The number of rotatable bonds is 5. The standard InChI is InChI=1S/C14H24N4OS/c1-3-5-10-6-8-18(9-7-10)13(19)11-12(15)17-14(20-11)16-4-2/h10H,3-9,15H2,1-2H3,(H,16,17). The normalized spacial score (nSPS) is 16.4. The fourth-order valence-electron chi connectivity index (χ4n) is 2.69. The molecule has 2 rings (SSSR count). The number of carbonyl (C=O) groups is 1. The van der Waals surface area contributed by atoms with Crippen molar-refractivity contribution in [2.75, 3.05) is 30.7 Å². The highest BCUT2D eigenvalue weighted by Gasteiger charge is 2.26. The third-order valence-corrected chi connectivity index (χ3v) is 4.79. The van der Waals surface area contributed by atoms with Crippen LogP contribution >= 0.6 is 11.3 Å². The van der Waals surface area contributed by atoms with Crippen LogP contribution in [0.2, 0.25) is 0 Å². The summed E-state index contributed by atoms with van der Waals surface area (Å²) in [5.74, 6) is 1.17. The van der Waals surface area contributed by atoms with Gasteiger partial charge in [-0.1, -0.05) is 31.1 Å². The maximum atomic E-state index is 12.5. The first kappa shape index (κ1) is 15.1. The van der Waals surface area contributed by atoms with Crippen molar-refractivity contribution >= 4 is 28.2 Å². The van der Waals surface area contributed by atoms with E-state index < -0.39 is 0 Å². The van der Waals surface area contributed by atoms with Gasteiger partial charge in [0.1, 0.15) is 10.7 Å². The van der Waals surface area contributed by atoms with Gasteiger partial charge in [-0.3, -0.25) is 4.79 Å². The van der Waals surface area contributed by atoms with E-state index in [1.165, 1.54) is 24.2 Å². The minimum absolute atomic E-state index is 0.0408. The number of anilines is 2. The van der Waals surface area contributed by atoms with Gasteiger partial charge in [-0.25, -0.2) is 4.98 Å². The van der Waals surface area contributed by atoms with Crippen molar-refractivity contribution in [1.82, 2.24) is 9.88 Å². The second-order valence-corrected chi connectivity index (χ2v) is 6.29. The molecule has 1 amide bonds. The summed E-state index contributed by atoms with van der Waals surface area (Å²) < 4.78 is 0. The number of nitrogens with two attached hydrogens (primary N) is 1. The molecule has 0 bridgehead atoms. The van der Waals surface area contributed by atoms with E-state index in [1.807, 2.05) is 11.8 Å². The van der Waals surface area contributed by atoms with Gasteiger partial charge in [-0.2, -0.15) is 0 Å². The Kier molecular flexibility index (Phi) is 5.23. The molecule has 0 radical (unpaired) electrons. The average molecular weight is 296 g/mol. The van der Waals surface area contributed by atoms with E-state index in [9.17, 15) is 4.79 Å². The fourth-order valence-corrected chi connectivity index (χ4v) is 3.61. The lowest BCUT2D eigenvalue weighted by Gasteiger charge is -2.31. The van der Waals surface area contributed by atoms with Crippen LogP contribution in [0.4, 0.5) is 10.9 Å². The molecule has 20 heavy (non-hydrogen) atoms. The second kappa shape index (κ2) is 6.92. The average Bonchev–Trinajstić information content (AvgIpc) is 2.80. The number of likely N-dealkylation sites (tertiary alicyclic amines) is 1. The molecule has 3 N–H and O–H groups in total. The zero-order valence-corrected chi connectivity index (χ0v) is 13.1. The lowest BCUT2D eigenvalue weighted by atomic mass is 9.92. The van der Waals surface area contributed by atoms with Gasteiger partial charge in [0.15, 0.2) is 5.13 Å². The molecule has 1 aliphatic heterocycles. The van der Waals surface area contributed by atoms with Crippen LogP contribution in [0.25, 0.3) is 0 Å². The summed E-state index contributed by atoms with van der Waals surface area (Å²) in [5, 5.41) is 3.84. The number of nitrogen functional groups attached to an aromatic ring is 1. The van der Waals surface area contributed by atoms with Crippen molar-refractivity contribution in [1.29, 1.82) is 0 Å². The summed E-state index contributed by atoms with van der Waals surface area (Å²) in [6, 6.07) is 0. The van der Waals surface area contributed by atoms with Crippen molar-refractivity contribution < 1.29 is 4.79 Å². The van der Waals surface area contributed by atoms with E-state index in [2.05, 4.69) is 17.2 Å². The summed E-state index contributed by atoms with van der Waals surface area (Å²) in [5.41, 5.74) is 5.87. The summed E-state index contributed by atoms with van der Waals surface area (Å²) in [6.07, 6.45) is 4.72. The predicted molar refractivity (Wildman–Crippen MR) is 84.2 cm³/mol. The number of hydrogen-bond donors (Lipinski definition) is 2. The Hall–Kier alpha value is -1.30. The molecule has 1 aromatic heterocycles. The predicted octanol–water partition coefficient (Wildman–Crippen LogP) is 2.81. The SMILES string of the molecule is CCCC1CCN(C(=O)c2sc(NCC)nc2N)CC1. The van der Waals surface area contributed by atoms with Gasteiger partial charge in [0.2, 0.25) is 0 Å². The molecule has 1 fully saturated rings. The molecular formula is C14H24N4OS. The van der Waals surface area contributed by atoms with Crippen LogP contribution in [0.1, 0.15) is 49.2 Å². The fraction of sp³-hybridized carbons (Fsp3) is 0.714. The minimum atomic E-state index is 0.0408. The number of thiazole rings is 1. The Bertz CT molecular complexity index is 452. The summed E-state index contributed by atoms with van der Waals surface area (Å²) in [4.78, 5) is 19.2. The molecule has 0 aromatic carbocycles. The maximum absolute atomic E-state index is 12.5. The molecule has 1 aromatic rings. The smallest absolute Gasteiger partial charge is 0.267 e. The number of aromatic nitrogens is 1. The number of carbonyl (C=O) groups excluding carboxylic acids is 1. The van der Waals surface area contributed by atoms with Crippen LogP contribution in [-0.2, 0) is 0 Å². The first-order valence-corrected chi connectivity index (χ1v) is 8.26. The lowest BCUT2D eigenvalue weighted by molar-refractivity contribution is 0.0692. The quantitative estimate of drug-likeness (QED) is 0.876. The van der Waals surface area contributed by atoms with Crippen LogP contribution in [0.3, 0.4) is 0 Å². The van der Waals surface area contributed by atoms with Crippen LogP contribution in [-0.4, -0.2) is 35.4 Å². The molecule has 112 valence electrons. The zero-order valence-electron chi connectivity index (χ0n) is 12.3. The van der Waals surface area contributed by atoms with Crippen LogP contribution < -0.4 is 11.1 Å². The summed E-state index contributed by atoms with van der Waals surface area (Å²) in [6.45, 7) is 6.69. The number of nitrogens with one attached hydrogen (secondary N) is 1. The van der Waals surface area contributed by atoms with E-state index in [4.69, 9.17) is 5.73 Å². The molecule has 0 spiro atoms. The summed E-state index contributed by atoms with van der Waals surface area (Å²) >= 11 is 1.36. The third kappa shape index (κ3) is 3.42. The number of amides is 1. The van der Waals surface area contributed by atoms with E-state index >= 15 is 0 Å². The van der Waals surface area contributed by atoms with E-state index in [0.29, 0.717) is 10.7 Å². The number of nitrogens with zero attached hydrogens (tertiary/aromatic N) is 2. The minimum Gasteiger partial charge on any atom is -0.382 e. The van der Waals surface area contributed by atoms with E-state index in [1.54, 1.807) is 0 Å². The number of hydrogen-bond acceptors (Lipinski definition) is 5. The Morgan fingerprint density at radius 2 is 2.15 bits per heavy atom. The highest BCUT2D eigenvalue weighted by atomic mass is 32.1. The Labute approximate surface area is 124 Å².